The van der Waals surface area contributed by atoms with Gasteiger partial charge in [-0.05, 0) is 52.9 Å². The van der Waals surface area contributed by atoms with E-state index in [1.54, 1.807) is 4.90 Å². The molecule has 170 valence electrons. The zero-order chi connectivity index (χ0) is 21.7. The third-order valence-electron chi connectivity index (χ3n) is 6.25. The van der Waals surface area contributed by atoms with Crippen LogP contribution in [0.15, 0.2) is 0 Å². The fourth-order valence-corrected chi connectivity index (χ4v) is 4.45. The minimum absolute atomic E-state index is 0.0229. The number of likely N-dealkylation sites (tertiary alicyclic amines) is 2. The molecule has 0 aromatic heterocycles. The smallest absolute Gasteiger partial charge is 0.410 e. The van der Waals surface area contributed by atoms with Gasteiger partial charge in [0.2, 0.25) is 11.8 Å². The molecule has 0 aliphatic carbocycles. The SMILES string of the molecule is CC(C)(C)OC(=O)N1CCC(C(=O)N2CCN(CC(=O)N3CCCCC3)CC2)CC1. The molecular weight excluding hydrogens is 384 g/mol. The number of carbonyl (C=O) groups excluding carboxylic acids is 3. The summed E-state index contributed by atoms with van der Waals surface area (Å²) in [5.41, 5.74) is -0.501. The average molecular weight is 423 g/mol. The first-order valence-corrected chi connectivity index (χ1v) is 11.5. The van der Waals surface area contributed by atoms with Crippen LogP contribution in [0.2, 0.25) is 0 Å². The molecule has 3 amide bonds. The first-order chi connectivity index (χ1) is 14.2. The molecule has 0 N–H and O–H groups in total. The summed E-state index contributed by atoms with van der Waals surface area (Å²) in [4.78, 5) is 45.4. The van der Waals surface area contributed by atoms with Crippen LogP contribution < -0.4 is 0 Å². The van der Waals surface area contributed by atoms with E-state index in [4.69, 9.17) is 4.74 Å². The molecule has 0 aromatic rings. The average Bonchev–Trinajstić information content (AvgIpc) is 2.73. The van der Waals surface area contributed by atoms with Crippen molar-refractivity contribution in [1.82, 2.24) is 19.6 Å². The maximum absolute atomic E-state index is 12.9. The Morgan fingerprint density at radius 3 is 1.93 bits per heavy atom. The normalized spacial score (nSPS) is 22.2. The zero-order valence-electron chi connectivity index (χ0n) is 18.9. The minimum Gasteiger partial charge on any atom is -0.444 e. The van der Waals surface area contributed by atoms with Crippen LogP contribution in [0, 0.1) is 5.92 Å². The Hall–Kier alpha value is -1.83. The van der Waals surface area contributed by atoms with E-state index in [9.17, 15) is 14.4 Å². The number of piperidine rings is 2. The third-order valence-corrected chi connectivity index (χ3v) is 6.25. The van der Waals surface area contributed by atoms with Gasteiger partial charge >= 0.3 is 6.09 Å². The van der Waals surface area contributed by atoms with Crippen LogP contribution in [-0.4, -0.2) is 102 Å². The predicted octanol–water partition coefficient (Wildman–Crippen LogP) is 1.79. The van der Waals surface area contributed by atoms with Gasteiger partial charge in [-0.25, -0.2) is 4.79 Å². The second kappa shape index (κ2) is 9.98. The van der Waals surface area contributed by atoms with Gasteiger partial charge < -0.3 is 19.4 Å². The van der Waals surface area contributed by atoms with Crippen molar-refractivity contribution in [2.45, 2.75) is 58.5 Å². The van der Waals surface area contributed by atoms with Crippen LogP contribution in [-0.2, 0) is 14.3 Å². The summed E-state index contributed by atoms with van der Waals surface area (Å²) in [5.74, 6) is 0.398. The van der Waals surface area contributed by atoms with Crippen LogP contribution in [0.5, 0.6) is 0 Å². The number of rotatable bonds is 3. The number of nitrogens with zero attached hydrogens (tertiary/aromatic N) is 4. The van der Waals surface area contributed by atoms with E-state index >= 15 is 0 Å². The van der Waals surface area contributed by atoms with Gasteiger partial charge in [0.1, 0.15) is 5.60 Å². The minimum atomic E-state index is -0.501. The van der Waals surface area contributed by atoms with Crippen LogP contribution in [0.4, 0.5) is 4.79 Å². The monoisotopic (exact) mass is 422 g/mol. The molecule has 0 saturated carbocycles. The molecule has 0 unspecified atom stereocenters. The summed E-state index contributed by atoms with van der Waals surface area (Å²) in [5, 5.41) is 0. The Morgan fingerprint density at radius 2 is 1.37 bits per heavy atom. The third kappa shape index (κ3) is 6.33. The second-order valence-electron chi connectivity index (χ2n) is 9.78. The molecule has 3 fully saturated rings. The van der Waals surface area contributed by atoms with Crippen molar-refractivity contribution in [3.8, 4) is 0 Å². The molecule has 0 spiro atoms. The van der Waals surface area contributed by atoms with Gasteiger partial charge in [-0.3, -0.25) is 14.5 Å². The maximum atomic E-state index is 12.9. The van der Waals surface area contributed by atoms with Gasteiger partial charge in [-0.15, -0.1) is 0 Å². The molecule has 8 nitrogen and oxygen atoms in total. The zero-order valence-corrected chi connectivity index (χ0v) is 18.9. The summed E-state index contributed by atoms with van der Waals surface area (Å²) >= 11 is 0. The Morgan fingerprint density at radius 1 is 0.767 bits per heavy atom. The Kier molecular flexibility index (Phi) is 7.60. The highest BCUT2D eigenvalue weighted by molar-refractivity contribution is 5.80. The quantitative estimate of drug-likeness (QED) is 0.693. The lowest BCUT2D eigenvalue weighted by atomic mass is 9.95. The molecule has 0 radical (unpaired) electrons. The first-order valence-electron chi connectivity index (χ1n) is 11.5. The van der Waals surface area contributed by atoms with Crippen molar-refractivity contribution < 1.29 is 19.1 Å². The topological polar surface area (TPSA) is 73.4 Å². The van der Waals surface area contributed by atoms with E-state index in [0.29, 0.717) is 45.6 Å². The van der Waals surface area contributed by atoms with Crippen molar-refractivity contribution >= 4 is 17.9 Å². The van der Waals surface area contributed by atoms with Gasteiger partial charge in [0.05, 0.1) is 6.54 Å². The van der Waals surface area contributed by atoms with E-state index in [1.165, 1.54) is 6.42 Å². The molecule has 0 aromatic carbocycles. The van der Waals surface area contributed by atoms with Gasteiger partial charge in [0.15, 0.2) is 0 Å². The van der Waals surface area contributed by atoms with Gasteiger partial charge in [-0.1, -0.05) is 0 Å². The van der Waals surface area contributed by atoms with E-state index in [2.05, 4.69) is 4.90 Å². The van der Waals surface area contributed by atoms with Crippen LogP contribution in [0.3, 0.4) is 0 Å². The number of amides is 3. The largest absolute Gasteiger partial charge is 0.444 e. The highest BCUT2D eigenvalue weighted by atomic mass is 16.6. The molecule has 3 heterocycles. The summed E-state index contributed by atoms with van der Waals surface area (Å²) in [6.07, 6.45) is 4.53. The molecule has 3 rings (SSSR count). The summed E-state index contributed by atoms with van der Waals surface area (Å²) in [7, 11) is 0. The van der Waals surface area contributed by atoms with Crippen LogP contribution >= 0.6 is 0 Å². The molecule has 0 bridgehead atoms. The van der Waals surface area contributed by atoms with Crippen molar-refractivity contribution in [1.29, 1.82) is 0 Å². The number of carbonyl (C=O) groups is 3. The number of hydrogen-bond donors (Lipinski definition) is 0. The van der Waals surface area contributed by atoms with Crippen molar-refractivity contribution in [2.24, 2.45) is 5.92 Å². The van der Waals surface area contributed by atoms with Crippen LogP contribution in [0.1, 0.15) is 52.9 Å². The standard InChI is InChI=1S/C22H38N4O4/c1-22(2,3)30-21(29)26-11-7-18(8-12-26)20(28)25-15-13-23(14-16-25)17-19(27)24-9-5-4-6-10-24/h18H,4-17H2,1-3H3. The summed E-state index contributed by atoms with van der Waals surface area (Å²) in [6.45, 7) is 11.8. The van der Waals surface area contributed by atoms with Crippen molar-refractivity contribution in [2.75, 3.05) is 58.9 Å². The molecule has 30 heavy (non-hydrogen) atoms. The molecule has 8 heteroatoms. The summed E-state index contributed by atoms with van der Waals surface area (Å²) in [6, 6.07) is 0. The maximum Gasteiger partial charge on any atom is 0.410 e. The van der Waals surface area contributed by atoms with Crippen LogP contribution in [0.25, 0.3) is 0 Å². The highest BCUT2D eigenvalue weighted by Gasteiger charge is 2.33. The number of ether oxygens (including phenoxy) is 1. The Balaban J connectivity index is 1.38. The van der Waals surface area contributed by atoms with Gasteiger partial charge in [0.25, 0.3) is 0 Å². The fraction of sp³-hybridized carbons (Fsp3) is 0.864. The lowest BCUT2D eigenvalue weighted by Crippen LogP contribution is -2.54. The van der Waals surface area contributed by atoms with E-state index < -0.39 is 5.60 Å². The highest BCUT2D eigenvalue weighted by Crippen LogP contribution is 2.22. The van der Waals surface area contributed by atoms with Crippen molar-refractivity contribution in [3.05, 3.63) is 0 Å². The number of hydrogen-bond acceptors (Lipinski definition) is 5. The van der Waals surface area contributed by atoms with E-state index in [-0.39, 0.29) is 23.8 Å². The second-order valence-corrected chi connectivity index (χ2v) is 9.78. The van der Waals surface area contributed by atoms with Gasteiger partial charge in [-0.2, -0.15) is 0 Å². The molecular formula is C22H38N4O4. The number of piperazine rings is 1. The fourth-order valence-electron chi connectivity index (χ4n) is 4.45. The summed E-state index contributed by atoms with van der Waals surface area (Å²) < 4.78 is 5.43. The molecule has 3 saturated heterocycles. The van der Waals surface area contributed by atoms with E-state index in [0.717, 1.165) is 39.0 Å². The molecule has 3 aliphatic heterocycles. The lowest BCUT2D eigenvalue weighted by Gasteiger charge is -2.39. The van der Waals surface area contributed by atoms with Gasteiger partial charge in [0, 0.05) is 58.3 Å². The Bertz CT molecular complexity index is 611. The molecule has 0 atom stereocenters. The predicted molar refractivity (Wildman–Crippen MR) is 114 cm³/mol. The molecule has 3 aliphatic rings. The van der Waals surface area contributed by atoms with Crippen molar-refractivity contribution in [3.63, 3.8) is 0 Å². The first kappa shape index (κ1) is 22.8. The van der Waals surface area contributed by atoms with E-state index in [1.807, 2.05) is 30.6 Å². The lowest BCUT2D eigenvalue weighted by molar-refractivity contribution is -0.139. The Labute approximate surface area is 180 Å².